The molecule has 8 heteroatoms. The molecule has 0 saturated carbocycles. The maximum absolute atomic E-state index is 13.4. The molecule has 0 aliphatic heterocycles. The molecule has 0 bridgehead atoms. The predicted octanol–water partition coefficient (Wildman–Crippen LogP) is 2.82. The summed E-state index contributed by atoms with van der Waals surface area (Å²) in [6.07, 6.45) is 2.11. The fraction of sp³-hybridized carbons (Fsp3) is 0.0909. The third-order valence-corrected chi connectivity index (χ3v) is 4.45. The summed E-state index contributed by atoms with van der Waals surface area (Å²) >= 11 is 6.63. The highest BCUT2D eigenvalue weighted by Gasteiger charge is 2.10. The quantitative estimate of drug-likeness (QED) is 0.643. The Labute approximate surface area is 119 Å². The Kier molecular flexibility index (Phi) is 4.07. The number of aromatic nitrogens is 2. The zero-order chi connectivity index (χ0) is 14.0. The van der Waals surface area contributed by atoms with E-state index in [2.05, 4.69) is 9.97 Å². The Balaban J connectivity index is 2.27. The summed E-state index contributed by atoms with van der Waals surface area (Å²) in [5, 5.41) is 0.0451. The lowest BCUT2D eigenvalue weighted by atomic mass is 10.4. The van der Waals surface area contributed by atoms with E-state index < -0.39 is 15.7 Å². The van der Waals surface area contributed by atoms with Crippen molar-refractivity contribution in [1.29, 1.82) is 0 Å². The maximum Gasteiger partial charge on any atom is 0.223 e. The first-order valence-corrected chi connectivity index (χ1v) is 8.11. The summed E-state index contributed by atoms with van der Waals surface area (Å²) in [5.41, 5.74) is 0. The van der Waals surface area contributed by atoms with Crippen molar-refractivity contribution in [3.8, 4) is 0 Å². The van der Waals surface area contributed by atoms with Crippen molar-refractivity contribution in [3.05, 3.63) is 41.6 Å². The second kappa shape index (κ2) is 5.44. The zero-order valence-corrected chi connectivity index (χ0v) is 12.1. The minimum Gasteiger partial charge on any atom is -0.224 e. The van der Waals surface area contributed by atoms with Gasteiger partial charge >= 0.3 is 0 Å². The van der Waals surface area contributed by atoms with Gasteiger partial charge in [-0.25, -0.2) is 22.8 Å². The van der Waals surface area contributed by atoms with E-state index in [4.69, 9.17) is 11.6 Å². The maximum atomic E-state index is 13.4. The molecule has 0 aliphatic carbocycles. The molecule has 0 spiro atoms. The van der Waals surface area contributed by atoms with E-state index in [1.165, 1.54) is 12.1 Å². The molecule has 0 saturated heterocycles. The van der Waals surface area contributed by atoms with Crippen LogP contribution >= 0.6 is 23.4 Å². The summed E-state index contributed by atoms with van der Waals surface area (Å²) in [7, 11) is -3.24. The molecule has 0 atom stereocenters. The van der Waals surface area contributed by atoms with Crippen LogP contribution < -0.4 is 0 Å². The lowest BCUT2D eigenvalue weighted by Crippen LogP contribution is -1.96. The third-order valence-electron chi connectivity index (χ3n) is 2.15. The van der Waals surface area contributed by atoms with E-state index in [0.717, 1.165) is 24.2 Å². The number of halogens is 2. The van der Waals surface area contributed by atoms with Crippen LogP contribution in [0.3, 0.4) is 0 Å². The highest BCUT2D eigenvalue weighted by molar-refractivity contribution is 7.99. The summed E-state index contributed by atoms with van der Waals surface area (Å²) in [6, 6.07) is 6.07. The van der Waals surface area contributed by atoms with Crippen molar-refractivity contribution in [3.63, 3.8) is 0 Å². The Hall–Kier alpha value is -1.18. The average Bonchev–Trinajstić information content (AvgIpc) is 2.33. The number of hydrogen-bond donors (Lipinski definition) is 0. The van der Waals surface area contributed by atoms with Crippen molar-refractivity contribution in [2.75, 3.05) is 6.26 Å². The van der Waals surface area contributed by atoms with Gasteiger partial charge < -0.3 is 0 Å². The first-order chi connectivity index (χ1) is 8.86. The van der Waals surface area contributed by atoms with E-state index >= 15 is 0 Å². The molecule has 1 aromatic heterocycles. The molecule has 4 nitrogen and oxygen atoms in total. The fourth-order valence-corrected chi connectivity index (χ4v) is 2.86. The van der Waals surface area contributed by atoms with Crippen LogP contribution in [0.25, 0.3) is 0 Å². The van der Waals surface area contributed by atoms with Gasteiger partial charge in [-0.05, 0) is 35.9 Å². The smallest absolute Gasteiger partial charge is 0.223 e. The standard InChI is InChI=1S/C11H8ClFN2O2S2/c1-19(16,17)8-4-2-7(3-5-8)18-10-9(13)6-14-11(12)15-10/h2-6H,1H3. The van der Waals surface area contributed by atoms with Gasteiger partial charge in [-0.15, -0.1) is 0 Å². The zero-order valence-electron chi connectivity index (χ0n) is 9.67. The van der Waals surface area contributed by atoms with Gasteiger partial charge in [0, 0.05) is 11.2 Å². The second-order valence-corrected chi connectivity index (χ2v) is 7.05. The topological polar surface area (TPSA) is 59.9 Å². The van der Waals surface area contributed by atoms with Crippen LogP contribution in [0.4, 0.5) is 4.39 Å². The van der Waals surface area contributed by atoms with Gasteiger partial charge in [0.15, 0.2) is 15.7 Å². The molecule has 0 fully saturated rings. The molecular weight excluding hydrogens is 311 g/mol. The van der Waals surface area contributed by atoms with Gasteiger partial charge in [-0.3, -0.25) is 0 Å². The molecular formula is C11H8ClFN2O2S2. The highest BCUT2D eigenvalue weighted by Crippen LogP contribution is 2.29. The minimum absolute atomic E-state index is 0.0448. The highest BCUT2D eigenvalue weighted by atomic mass is 35.5. The van der Waals surface area contributed by atoms with Crippen molar-refractivity contribution >= 4 is 33.2 Å². The van der Waals surface area contributed by atoms with Crippen molar-refractivity contribution in [1.82, 2.24) is 9.97 Å². The molecule has 0 unspecified atom stereocenters. The molecule has 0 aliphatic rings. The van der Waals surface area contributed by atoms with Gasteiger partial charge in [0.2, 0.25) is 5.28 Å². The number of rotatable bonds is 3. The number of sulfone groups is 1. The monoisotopic (exact) mass is 318 g/mol. The van der Waals surface area contributed by atoms with Crippen LogP contribution in [0.1, 0.15) is 0 Å². The molecule has 2 aromatic rings. The molecule has 19 heavy (non-hydrogen) atoms. The molecule has 100 valence electrons. The van der Waals surface area contributed by atoms with E-state index in [1.54, 1.807) is 12.1 Å². The van der Waals surface area contributed by atoms with Gasteiger partial charge in [-0.1, -0.05) is 11.8 Å². The van der Waals surface area contributed by atoms with Gasteiger partial charge in [0.25, 0.3) is 0 Å². The average molecular weight is 319 g/mol. The third kappa shape index (κ3) is 3.65. The van der Waals surface area contributed by atoms with Gasteiger partial charge in [-0.2, -0.15) is 0 Å². The Morgan fingerprint density at radius 3 is 2.47 bits per heavy atom. The lowest BCUT2D eigenvalue weighted by Gasteiger charge is -2.03. The molecule has 2 rings (SSSR count). The molecule has 1 aromatic carbocycles. The van der Waals surface area contributed by atoms with Gasteiger partial charge in [0.1, 0.15) is 5.03 Å². The van der Waals surface area contributed by atoms with Crippen molar-refractivity contribution in [2.45, 2.75) is 14.8 Å². The largest absolute Gasteiger partial charge is 0.224 e. The Bertz CT molecular complexity index is 705. The first-order valence-electron chi connectivity index (χ1n) is 5.02. The fourth-order valence-electron chi connectivity index (χ4n) is 1.27. The van der Waals surface area contributed by atoms with Crippen LogP contribution in [-0.4, -0.2) is 24.6 Å². The number of nitrogens with zero attached hydrogens (tertiary/aromatic N) is 2. The summed E-state index contributed by atoms with van der Waals surface area (Å²) < 4.78 is 36.0. The SMILES string of the molecule is CS(=O)(=O)c1ccc(Sc2nc(Cl)ncc2F)cc1. The normalized spacial score (nSPS) is 11.5. The number of hydrogen-bond acceptors (Lipinski definition) is 5. The summed E-state index contributed by atoms with van der Waals surface area (Å²) in [5.74, 6) is -0.582. The van der Waals surface area contributed by atoms with Crippen LogP contribution in [0, 0.1) is 5.82 Å². The van der Waals surface area contributed by atoms with Crippen molar-refractivity contribution < 1.29 is 12.8 Å². The summed E-state index contributed by atoms with van der Waals surface area (Å²) in [6.45, 7) is 0. The Morgan fingerprint density at radius 2 is 1.89 bits per heavy atom. The summed E-state index contributed by atoms with van der Waals surface area (Å²) in [4.78, 5) is 8.14. The first kappa shape index (κ1) is 14.2. The molecule has 0 N–H and O–H groups in total. The molecule has 0 amide bonds. The predicted molar refractivity (Wildman–Crippen MR) is 70.7 cm³/mol. The van der Waals surface area contributed by atoms with Crippen molar-refractivity contribution in [2.24, 2.45) is 0 Å². The van der Waals surface area contributed by atoms with E-state index in [-0.39, 0.29) is 15.2 Å². The lowest BCUT2D eigenvalue weighted by molar-refractivity contribution is 0.579. The van der Waals surface area contributed by atoms with E-state index in [1.807, 2.05) is 0 Å². The molecule has 0 radical (unpaired) electrons. The van der Waals surface area contributed by atoms with Crippen LogP contribution in [0.15, 0.2) is 45.3 Å². The molecule has 1 heterocycles. The van der Waals surface area contributed by atoms with Crippen LogP contribution in [0.2, 0.25) is 5.28 Å². The number of benzene rings is 1. The minimum atomic E-state index is -3.24. The van der Waals surface area contributed by atoms with E-state index in [0.29, 0.717) is 4.90 Å². The van der Waals surface area contributed by atoms with E-state index in [9.17, 15) is 12.8 Å². The van der Waals surface area contributed by atoms with Crippen LogP contribution in [0.5, 0.6) is 0 Å². The second-order valence-electron chi connectivity index (χ2n) is 3.64. The van der Waals surface area contributed by atoms with Gasteiger partial charge in [0.05, 0.1) is 11.1 Å². The Morgan fingerprint density at radius 1 is 1.26 bits per heavy atom. The van der Waals surface area contributed by atoms with Crippen LogP contribution in [-0.2, 0) is 9.84 Å².